The summed E-state index contributed by atoms with van der Waals surface area (Å²) in [6.45, 7) is 12.2. The molecule has 0 radical (unpaired) electrons. The maximum absolute atomic E-state index is 3.60. The summed E-state index contributed by atoms with van der Waals surface area (Å²) < 4.78 is 0. The summed E-state index contributed by atoms with van der Waals surface area (Å²) in [6.07, 6.45) is 7.12. The molecule has 20 heavy (non-hydrogen) atoms. The van der Waals surface area contributed by atoms with Gasteiger partial charge in [0.15, 0.2) is 0 Å². The molecule has 0 amide bonds. The van der Waals surface area contributed by atoms with Crippen molar-refractivity contribution >= 4 is 0 Å². The summed E-state index contributed by atoms with van der Waals surface area (Å²) in [5, 5.41) is 3.60. The Balaban J connectivity index is 1.94. The van der Waals surface area contributed by atoms with E-state index in [1.54, 1.807) is 0 Å². The summed E-state index contributed by atoms with van der Waals surface area (Å²) >= 11 is 0. The Morgan fingerprint density at radius 2 is 1.75 bits per heavy atom. The zero-order valence-corrected chi connectivity index (χ0v) is 14.4. The van der Waals surface area contributed by atoms with E-state index in [4.69, 9.17) is 0 Å². The van der Waals surface area contributed by atoms with Crippen LogP contribution in [0.25, 0.3) is 0 Å². The Hall–Kier alpha value is -0.0800. The first-order valence-corrected chi connectivity index (χ1v) is 8.92. The van der Waals surface area contributed by atoms with Gasteiger partial charge < -0.3 is 5.32 Å². The molecule has 2 rings (SSSR count). The minimum Gasteiger partial charge on any atom is -0.317 e. The lowest BCUT2D eigenvalue weighted by molar-refractivity contribution is 0.114. The lowest BCUT2D eigenvalue weighted by Gasteiger charge is -2.40. The smallest absolute Gasteiger partial charge is 0.0105 e. The molecule has 2 fully saturated rings. The van der Waals surface area contributed by atoms with E-state index in [9.17, 15) is 0 Å². The second-order valence-electron chi connectivity index (χ2n) is 8.05. The quantitative estimate of drug-likeness (QED) is 0.764. The Morgan fingerprint density at radius 1 is 1.05 bits per heavy atom. The van der Waals surface area contributed by atoms with E-state index in [0.717, 1.165) is 35.8 Å². The third-order valence-electron chi connectivity index (χ3n) is 5.47. The van der Waals surface area contributed by atoms with E-state index in [1.807, 2.05) is 0 Å². The summed E-state index contributed by atoms with van der Waals surface area (Å²) in [6, 6.07) is 1.66. The SMILES string of the molecule is CNC1CCC(C(C)C)CC1CN(CC(C)C)C1CC1. The molecule has 3 atom stereocenters. The Kier molecular flexibility index (Phi) is 5.92. The van der Waals surface area contributed by atoms with Crippen molar-refractivity contribution < 1.29 is 0 Å². The van der Waals surface area contributed by atoms with E-state index < -0.39 is 0 Å². The van der Waals surface area contributed by atoms with Gasteiger partial charge in [-0.15, -0.1) is 0 Å². The van der Waals surface area contributed by atoms with Crippen molar-refractivity contribution in [3.05, 3.63) is 0 Å². The van der Waals surface area contributed by atoms with Gasteiger partial charge in [0.05, 0.1) is 0 Å². The van der Waals surface area contributed by atoms with Crippen molar-refractivity contribution in [1.29, 1.82) is 0 Å². The minimum atomic E-state index is 0.749. The highest BCUT2D eigenvalue weighted by atomic mass is 15.2. The molecular formula is C18H36N2. The van der Waals surface area contributed by atoms with Crippen LogP contribution in [0.1, 0.15) is 59.8 Å². The lowest BCUT2D eigenvalue weighted by Crippen LogP contribution is -2.46. The van der Waals surface area contributed by atoms with Crippen molar-refractivity contribution in [3.63, 3.8) is 0 Å². The molecule has 2 nitrogen and oxygen atoms in total. The molecule has 0 spiro atoms. The fraction of sp³-hybridized carbons (Fsp3) is 1.00. The number of hydrogen-bond acceptors (Lipinski definition) is 2. The molecule has 118 valence electrons. The van der Waals surface area contributed by atoms with E-state index in [0.29, 0.717) is 0 Å². The van der Waals surface area contributed by atoms with Gasteiger partial charge in [-0.05, 0) is 62.8 Å². The highest BCUT2D eigenvalue weighted by Crippen LogP contribution is 2.36. The van der Waals surface area contributed by atoms with Crippen LogP contribution in [0.5, 0.6) is 0 Å². The summed E-state index contributed by atoms with van der Waals surface area (Å²) in [7, 11) is 2.16. The standard InChI is InChI=1S/C18H36N2/c1-13(2)11-20(17-7-8-17)12-16-10-15(14(3)4)6-9-18(16)19-5/h13-19H,6-12H2,1-5H3. The zero-order chi connectivity index (χ0) is 14.7. The Bertz CT molecular complexity index is 283. The third-order valence-corrected chi connectivity index (χ3v) is 5.47. The van der Waals surface area contributed by atoms with Crippen molar-refractivity contribution in [3.8, 4) is 0 Å². The van der Waals surface area contributed by atoms with Crippen molar-refractivity contribution in [2.75, 3.05) is 20.1 Å². The molecule has 0 bridgehead atoms. The van der Waals surface area contributed by atoms with Gasteiger partial charge in [-0.1, -0.05) is 27.7 Å². The molecule has 2 aliphatic carbocycles. The lowest BCUT2D eigenvalue weighted by atomic mass is 9.73. The Morgan fingerprint density at radius 3 is 2.25 bits per heavy atom. The first kappa shape index (κ1) is 16.3. The highest BCUT2D eigenvalue weighted by molar-refractivity contribution is 4.91. The zero-order valence-electron chi connectivity index (χ0n) is 14.4. The first-order chi connectivity index (χ1) is 9.51. The van der Waals surface area contributed by atoms with E-state index in [1.165, 1.54) is 45.2 Å². The molecule has 0 aromatic carbocycles. The van der Waals surface area contributed by atoms with Crippen LogP contribution in [0.4, 0.5) is 0 Å². The molecule has 0 aliphatic heterocycles. The summed E-state index contributed by atoms with van der Waals surface area (Å²) in [5.41, 5.74) is 0. The van der Waals surface area contributed by atoms with E-state index >= 15 is 0 Å². The predicted octanol–water partition coefficient (Wildman–Crippen LogP) is 3.77. The molecule has 2 aliphatic rings. The van der Waals surface area contributed by atoms with Gasteiger partial charge in [-0.2, -0.15) is 0 Å². The molecule has 0 aromatic heterocycles. The van der Waals surface area contributed by atoms with E-state index in [2.05, 4.69) is 45.0 Å². The third kappa shape index (κ3) is 4.46. The maximum Gasteiger partial charge on any atom is 0.0105 e. The molecule has 0 heterocycles. The second kappa shape index (κ2) is 7.26. The molecule has 1 N–H and O–H groups in total. The predicted molar refractivity (Wildman–Crippen MR) is 87.9 cm³/mol. The summed E-state index contributed by atoms with van der Waals surface area (Å²) in [4.78, 5) is 2.81. The monoisotopic (exact) mass is 280 g/mol. The van der Waals surface area contributed by atoms with Crippen LogP contribution in [0.3, 0.4) is 0 Å². The molecule has 2 saturated carbocycles. The van der Waals surface area contributed by atoms with Crippen LogP contribution in [-0.4, -0.2) is 37.1 Å². The topological polar surface area (TPSA) is 15.3 Å². The first-order valence-electron chi connectivity index (χ1n) is 8.92. The van der Waals surface area contributed by atoms with Crippen LogP contribution in [0.2, 0.25) is 0 Å². The normalized spacial score (nSPS) is 31.5. The molecular weight excluding hydrogens is 244 g/mol. The van der Waals surface area contributed by atoms with Crippen LogP contribution in [0.15, 0.2) is 0 Å². The van der Waals surface area contributed by atoms with Crippen LogP contribution in [-0.2, 0) is 0 Å². The fourth-order valence-corrected chi connectivity index (χ4v) is 4.07. The largest absolute Gasteiger partial charge is 0.317 e. The van der Waals surface area contributed by atoms with Gasteiger partial charge >= 0.3 is 0 Å². The number of rotatable bonds is 7. The van der Waals surface area contributed by atoms with Gasteiger partial charge in [0.25, 0.3) is 0 Å². The van der Waals surface area contributed by atoms with Gasteiger partial charge in [0.1, 0.15) is 0 Å². The number of nitrogens with zero attached hydrogens (tertiary/aromatic N) is 1. The van der Waals surface area contributed by atoms with Gasteiger partial charge in [-0.25, -0.2) is 0 Å². The van der Waals surface area contributed by atoms with Gasteiger partial charge in [0.2, 0.25) is 0 Å². The number of hydrogen-bond donors (Lipinski definition) is 1. The van der Waals surface area contributed by atoms with E-state index in [-0.39, 0.29) is 0 Å². The van der Waals surface area contributed by atoms with Gasteiger partial charge in [-0.3, -0.25) is 4.90 Å². The van der Waals surface area contributed by atoms with Crippen molar-refractivity contribution in [1.82, 2.24) is 10.2 Å². The second-order valence-corrected chi connectivity index (χ2v) is 8.05. The molecule has 2 heteroatoms. The summed E-state index contributed by atoms with van der Waals surface area (Å²) in [5.74, 6) is 3.47. The minimum absolute atomic E-state index is 0.749. The van der Waals surface area contributed by atoms with Gasteiger partial charge in [0, 0.05) is 25.2 Å². The van der Waals surface area contributed by atoms with Crippen LogP contribution < -0.4 is 5.32 Å². The molecule has 0 saturated heterocycles. The van der Waals surface area contributed by atoms with Crippen LogP contribution in [0, 0.1) is 23.7 Å². The van der Waals surface area contributed by atoms with Crippen LogP contribution >= 0.6 is 0 Å². The maximum atomic E-state index is 3.60. The molecule has 0 aromatic rings. The Labute approximate surface area is 126 Å². The molecule has 3 unspecified atom stereocenters. The average molecular weight is 281 g/mol. The van der Waals surface area contributed by atoms with Crippen molar-refractivity contribution in [2.24, 2.45) is 23.7 Å². The fourth-order valence-electron chi connectivity index (χ4n) is 4.07. The number of nitrogens with one attached hydrogen (secondary N) is 1. The van der Waals surface area contributed by atoms with Crippen molar-refractivity contribution in [2.45, 2.75) is 71.9 Å². The highest BCUT2D eigenvalue weighted by Gasteiger charge is 2.36. The average Bonchev–Trinajstić information content (AvgIpc) is 3.21.